The first-order valence-corrected chi connectivity index (χ1v) is 4.71. The monoisotopic (exact) mass is 187 g/mol. The fraction of sp³-hybridized carbons (Fsp3) is 0.889. The lowest BCUT2D eigenvalue weighted by molar-refractivity contribution is 0.111. The van der Waals surface area contributed by atoms with Crippen molar-refractivity contribution in [2.75, 3.05) is 13.7 Å². The predicted octanol–water partition coefficient (Wildman–Crippen LogP) is 0.988. The van der Waals surface area contributed by atoms with E-state index in [2.05, 4.69) is 11.7 Å². The molecule has 1 saturated heterocycles. The first-order chi connectivity index (χ1) is 6.19. The van der Waals surface area contributed by atoms with Crippen molar-refractivity contribution in [1.82, 2.24) is 4.90 Å². The van der Waals surface area contributed by atoms with Gasteiger partial charge in [0.1, 0.15) is 0 Å². The maximum atomic E-state index is 11.2. The van der Waals surface area contributed by atoms with E-state index in [1.807, 2.05) is 0 Å². The van der Waals surface area contributed by atoms with E-state index in [9.17, 15) is 9.90 Å². The van der Waals surface area contributed by atoms with Crippen LogP contribution in [0.5, 0.6) is 0 Å². The number of rotatable bonds is 2. The van der Waals surface area contributed by atoms with Gasteiger partial charge in [-0.2, -0.15) is 0 Å². The summed E-state index contributed by atoms with van der Waals surface area (Å²) in [7, 11) is 1.37. The van der Waals surface area contributed by atoms with E-state index < -0.39 is 0 Å². The molecule has 0 bridgehead atoms. The summed E-state index contributed by atoms with van der Waals surface area (Å²) in [4.78, 5) is 12.9. The molecule has 1 rings (SSSR count). The number of carbonyl (C=O) groups excluding carboxylic acids is 1. The molecule has 1 aliphatic rings. The van der Waals surface area contributed by atoms with Crippen LogP contribution in [0.1, 0.15) is 26.2 Å². The molecule has 0 aliphatic carbocycles. The summed E-state index contributed by atoms with van der Waals surface area (Å²) < 4.78 is 4.63. The third-order valence-electron chi connectivity index (χ3n) is 2.42. The summed E-state index contributed by atoms with van der Waals surface area (Å²) in [6, 6.07) is 0.160. The van der Waals surface area contributed by atoms with E-state index in [0.717, 1.165) is 12.8 Å². The van der Waals surface area contributed by atoms with Gasteiger partial charge in [-0.15, -0.1) is 0 Å². The van der Waals surface area contributed by atoms with Crippen LogP contribution in [0.15, 0.2) is 0 Å². The number of nitrogens with zero attached hydrogens (tertiary/aromatic N) is 1. The van der Waals surface area contributed by atoms with Crippen LogP contribution in [0.25, 0.3) is 0 Å². The molecule has 0 unspecified atom stereocenters. The molecule has 76 valence electrons. The number of amides is 1. The second-order valence-corrected chi connectivity index (χ2v) is 3.45. The van der Waals surface area contributed by atoms with Gasteiger partial charge in [-0.3, -0.25) is 0 Å². The van der Waals surface area contributed by atoms with Crippen molar-refractivity contribution in [3.63, 3.8) is 0 Å². The molecule has 1 aliphatic heterocycles. The van der Waals surface area contributed by atoms with E-state index >= 15 is 0 Å². The van der Waals surface area contributed by atoms with Crippen LogP contribution >= 0.6 is 0 Å². The van der Waals surface area contributed by atoms with Crippen molar-refractivity contribution >= 4 is 6.09 Å². The molecule has 0 aromatic rings. The molecule has 13 heavy (non-hydrogen) atoms. The van der Waals surface area contributed by atoms with Gasteiger partial charge in [0.05, 0.1) is 19.8 Å². The first-order valence-electron chi connectivity index (χ1n) is 4.71. The molecule has 1 amide bonds. The van der Waals surface area contributed by atoms with E-state index in [1.165, 1.54) is 7.11 Å². The number of methoxy groups -OCH3 is 1. The Bertz CT molecular complexity index is 184. The SMILES string of the molecule is CCC[C@H]1C[C@@H](O)CN1C(=O)OC. The smallest absolute Gasteiger partial charge is 0.409 e. The Kier molecular flexibility index (Phi) is 3.54. The summed E-state index contributed by atoms with van der Waals surface area (Å²) in [6.45, 7) is 2.48. The zero-order chi connectivity index (χ0) is 9.84. The van der Waals surface area contributed by atoms with Crippen LogP contribution in [0.2, 0.25) is 0 Å². The van der Waals surface area contributed by atoms with Crippen LogP contribution in [0.3, 0.4) is 0 Å². The number of β-amino-alcohol motifs (C(OH)–C–C–N with tert-alkyl or cyclic N) is 1. The van der Waals surface area contributed by atoms with Gasteiger partial charge in [0, 0.05) is 6.04 Å². The van der Waals surface area contributed by atoms with Gasteiger partial charge in [-0.05, 0) is 12.8 Å². The Morgan fingerprint density at radius 3 is 2.92 bits per heavy atom. The normalized spacial score (nSPS) is 27.8. The molecule has 4 heteroatoms. The maximum Gasteiger partial charge on any atom is 0.409 e. The highest BCUT2D eigenvalue weighted by molar-refractivity contribution is 5.68. The average Bonchev–Trinajstić information content (AvgIpc) is 2.46. The maximum absolute atomic E-state index is 11.2. The topological polar surface area (TPSA) is 49.8 Å². The summed E-state index contributed by atoms with van der Waals surface area (Å²) in [5.41, 5.74) is 0. The number of ether oxygens (including phenoxy) is 1. The average molecular weight is 187 g/mol. The molecule has 0 aromatic carbocycles. The lowest BCUT2D eigenvalue weighted by Gasteiger charge is -2.22. The number of aliphatic hydroxyl groups excluding tert-OH is 1. The van der Waals surface area contributed by atoms with Gasteiger partial charge in [0.25, 0.3) is 0 Å². The molecular weight excluding hydrogens is 170 g/mol. The van der Waals surface area contributed by atoms with E-state index in [0.29, 0.717) is 13.0 Å². The number of aliphatic hydroxyl groups is 1. The lowest BCUT2D eigenvalue weighted by atomic mass is 10.1. The minimum atomic E-state index is -0.379. The summed E-state index contributed by atoms with van der Waals surface area (Å²) >= 11 is 0. The summed E-state index contributed by atoms with van der Waals surface area (Å²) in [6.07, 6.45) is 1.94. The largest absolute Gasteiger partial charge is 0.453 e. The Balaban J connectivity index is 2.55. The van der Waals surface area contributed by atoms with Crippen molar-refractivity contribution < 1.29 is 14.6 Å². The Morgan fingerprint density at radius 2 is 2.38 bits per heavy atom. The van der Waals surface area contributed by atoms with Crippen LogP contribution in [-0.4, -0.2) is 41.9 Å². The third-order valence-corrected chi connectivity index (χ3v) is 2.42. The Labute approximate surface area is 78.5 Å². The van der Waals surface area contributed by atoms with Crippen molar-refractivity contribution in [3.8, 4) is 0 Å². The standard InChI is InChI=1S/C9H17NO3/c1-3-4-7-5-8(11)6-10(7)9(12)13-2/h7-8,11H,3-6H2,1-2H3/t7-,8+/m0/s1. The van der Waals surface area contributed by atoms with E-state index in [4.69, 9.17) is 0 Å². The second-order valence-electron chi connectivity index (χ2n) is 3.45. The van der Waals surface area contributed by atoms with Gasteiger partial charge in [-0.1, -0.05) is 13.3 Å². The molecule has 4 nitrogen and oxygen atoms in total. The molecule has 1 fully saturated rings. The minimum absolute atomic E-state index is 0.160. The van der Waals surface area contributed by atoms with Crippen molar-refractivity contribution in [1.29, 1.82) is 0 Å². The number of hydrogen-bond donors (Lipinski definition) is 1. The molecule has 1 N–H and O–H groups in total. The zero-order valence-electron chi connectivity index (χ0n) is 8.19. The van der Waals surface area contributed by atoms with Crippen LogP contribution < -0.4 is 0 Å². The lowest BCUT2D eigenvalue weighted by Crippen LogP contribution is -2.35. The molecule has 0 radical (unpaired) electrons. The predicted molar refractivity (Wildman–Crippen MR) is 48.4 cm³/mol. The van der Waals surface area contributed by atoms with Gasteiger partial charge < -0.3 is 14.7 Å². The summed E-state index contributed by atoms with van der Waals surface area (Å²) in [5, 5.41) is 9.39. The van der Waals surface area contributed by atoms with Crippen LogP contribution in [0, 0.1) is 0 Å². The van der Waals surface area contributed by atoms with Gasteiger partial charge in [0.2, 0.25) is 0 Å². The van der Waals surface area contributed by atoms with E-state index in [1.54, 1.807) is 4.90 Å². The fourth-order valence-electron chi connectivity index (χ4n) is 1.84. The highest BCUT2D eigenvalue weighted by atomic mass is 16.5. The fourth-order valence-corrected chi connectivity index (χ4v) is 1.84. The van der Waals surface area contributed by atoms with Gasteiger partial charge in [0.15, 0.2) is 0 Å². The van der Waals surface area contributed by atoms with E-state index in [-0.39, 0.29) is 18.2 Å². The molecule has 0 spiro atoms. The molecule has 2 atom stereocenters. The highest BCUT2D eigenvalue weighted by Crippen LogP contribution is 2.22. The van der Waals surface area contributed by atoms with Crippen molar-refractivity contribution in [2.24, 2.45) is 0 Å². The number of hydrogen-bond acceptors (Lipinski definition) is 3. The van der Waals surface area contributed by atoms with Crippen LogP contribution in [0.4, 0.5) is 4.79 Å². The van der Waals surface area contributed by atoms with Crippen molar-refractivity contribution in [3.05, 3.63) is 0 Å². The minimum Gasteiger partial charge on any atom is -0.453 e. The molecular formula is C9H17NO3. The Hall–Kier alpha value is -0.770. The quantitative estimate of drug-likeness (QED) is 0.701. The second kappa shape index (κ2) is 4.46. The first kappa shape index (κ1) is 10.3. The molecule has 0 saturated carbocycles. The number of carbonyl (C=O) groups is 1. The third kappa shape index (κ3) is 2.34. The van der Waals surface area contributed by atoms with Crippen molar-refractivity contribution in [2.45, 2.75) is 38.3 Å². The zero-order valence-corrected chi connectivity index (χ0v) is 8.19. The van der Waals surface area contributed by atoms with Crippen LogP contribution in [-0.2, 0) is 4.74 Å². The van der Waals surface area contributed by atoms with Gasteiger partial charge in [-0.25, -0.2) is 4.79 Å². The molecule has 0 aromatic heterocycles. The Morgan fingerprint density at radius 1 is 1.69 bits per heavy atom. The highest BCUT2D eigenvalue weighted by Gasteiger charge is 2.33. The van der Waals surface area contributed by atoms with Gasteiger partial charge >= 0.3 is 6.09 Å². The summed E-state index contributed by atoms with van der Waals surface area (Å²) in [5.74, 6) is 0. The number of likely N-dealkylation sites (tertiary alicyclic amines) is 1. The molecule has 1 heterocycles.